The summed E-state index contributed by atoms with van der Waals surface area (Å²) < 4.78 is 0. The zero-order valence-corrected chi connectivity index (χ0v) is 10.2. The standard InChI is InChI=1S/C13H22N2O/c1-14-10-5-6-11(14)9-15(8-7-10)12-3-2-4-13(12)16/h10-12H,2-9H2,1H3. The van der Waals surface area contributed by atoms with Crippen molar-refractivity contribution in [2.75, 3.05) is 20.1 Å². The van der Waals surface area contributed by atoms with Crippen molar-refractivity contribution in [2.45, 2.75) is 56.7 Å². The normalized spacial score (nSPS) is 41.6. The van der Waals surface area contributed by atoms with Crippen LogP contribution in [0.1, 0.15) is 38.5 Å². The van der Waals surface area contributed by atoms with Crippen LogP contribution in [0.3, 0.4) is 0 Å². The number of carbonyl (C=O) groups is 1. The lowest BCUT2D eigenvalue weighted by Crippen LogP contribution is -2.43. The Labute approximate surface area is 97.8 Å². The van der Waals surface area contributed by atoms with Crippen molar-refractivity contribution in [1.82, 2.24) is 9.80 Å². The fourth-order valence-electron chi connectivity index (χ4n) is 3.80. The summed E-state index contributed by atoms with van der Waals surface area (Å²) in [5, 5.41) is 0. The van der Waals surface area contributed by atoms with E-state index < -0.39 is 0 Å². The fourth-order valence-corrected chi connectivity index (χ4v) is 3.80. The van der Waals surface area contributed by atoms with Gasteiger partial charge in [-0.1, -0.05) is 0 Å². The van der Waals surface area contributed by atoms with Gasteiger partial charge in [-0.2, -0.15) is 0 Å². The van der Waals surface area contributed by atoms with E-state index in [1.165, 1.54) is 19.3 Å². The van der Waals surface area contributed by atoms with Crippen LogP contribution < -0.4 is 0 Å². The summed E-state index contributed by atoms with van der Waals surface area (Å²) in [5.41, 5.74) is 0. The zero-order chi connectivity index (χ0) is 11.1. The molecule has 3 atom stereocenters. The Balaban J connectivity index is 1.71. The van der Waals surface area contributed by atoms with Crippen molar-refractivity contribution >= 4 is 5.78 Å². The summed E-state index contributed by atoms with van der Waals surface area (Å²) in [6, 6.07) is 1.76. The third kappa shape index (κ3) is 1.70. The number of likely N-dealkylation sites (tertiary alicyclic amines) is 1. The number of rotatable bonds is 1. The molecule has 1 saturated carbocycles. The molecule has 2 aliphatic heterocycles. The van der Waals surface area contributed by atoms with Crippen molar-refractivity contribution in [3.63, 3.8) is 0 Å². The molecule has 3 aliphatic rings. The summed E-state index contributed by atoms with van der Waals surface area (Å²) in [7, 11) is 2.27. The van der Waals surface area contributed by atoms with Gasteiger partial charge in [-0.05, 0) is 39.2 Å². The van der Waals surface area contributed by atoms with Crippen molar-refractivity contribution in [1.29, 1.82) is 0 Å². The van der Waals surface area contributed by atoms with Crippen LogP contribution in [0, 0.1) is 0 Å². The van der Waals surface area contributed by atoms with Crippen molar-refractivity contribution in [3.05, 3.63) is 0 Å². The van der Waals surface area contributed by atoms with Crippen LogP contribution in [0.15, 0.2) is 0 Å². The molecule has 0 amide bonds. The summed E-state index contributed by atoms with van der Waals surface area (Å²) in [6.07, 6.45) is 7.01. The Morgan fingerprint density at radius 2 is 1.94 bits per heavy atom. The molecule has 2 saturated heterocycles. The highest BCUT2D eigenvalue weighted by Gasteiger charge is 2.39. The predicted molar refractivity (Wildman–Crippen MR) is 63.4 cm³/mol. The first-order valence-electron chi connectivity index (χ1n) is 6.74. The summed E-state index contributed by atoms with van der Waals surface area (Å²) in [5.74, 6) is 0.500. The van der Waals surface area contributed by atoms with E-state index in [1.54, 1.807) is 0 Å². The molecule has 3 rings (SSSR count). The lowest BCUT2D eigenvalue weighted by Gasteiger charge is -2.29. The van der Waals surface area contributed by atoms with Gasteiger partial charge in [0.2, 0.25) is 0 Å². The van der Waals surface area contributed by atoms with Crippen LogP contribution in [0.2, 0.25) is 0 Å². The first kappa shape index (κ1) is 10.7. The molecule has 3 heteroatoms. The number of carbonyl (C=O) groups excluding carboxylic acids is 1. The number of hydrogen-bond donors (Lipinski definition) is 0. The second-order valence-electron chi connectivity index (χ2n) is 5.71. The first-order valence-corrected chi connectivity index (χ1v) is 6.74. The topological polar surface area (TPSA) is 23.6 Å². The Morgan fingerprint density at radius 3 is 2.69 bits per heavy atom. The van der Waals surface area contributed by atoms with E-state index in [0.29, 0.717) is 11.8 Å². The average molecular weight is 222 g/mol. The second kappa shape index (κ2) is 4.11. The second-order valence-corrected chi connectivity index (χ2v) is 5.71. The van der Waals surface area contributed by atoms with Gasteiger partial charge in [0.1, 0.15) is 5.78 Å². The van der Waals surface area contributed by atoms with Crippen molar-refractivity contribution in [3.8, 4) is 0 Å². The molecular weight excluding hydrogens is 200 g/mol. The van der Waals surface area contributed by atoms with E-state index in [2.05, 4.69) is 16.8 Å². The molecule has 3 unspecified atom stereocenters. The third-order valence-corrected chi connectivity index (χ3v) is 4.89. The molecule has 3 fully saturated rings. The number of nitrogens with zero attached hydrogens (tertiary/aromatic N) is 2. The minimum Gasteiger partial charge on any atom is -0.299 e. The Kier molecular flexibility index (Phi) is 2.76. The molecule has 2 bridgehead atoms. The summed E-state index contributed by atoms with van der Waals surface area (Å²) in [6.45, 7) is 2.27. The van der Waals surface area contributed by atoms with Gasteiger partial charge in [0.15, 0.2) is 0 Å². The highest BCUT2D eigenvalue weighted by Crippen LogP contribution is 2.31. The molecule has 2 heterocycles. The SMILES string of the molecule is CN1C2CCC1CN(C1CCCC1=O)CC2. The van der Waals surface area contributed by atoms with E-state index in [4.69, 9.17) is 0 Å². The van der Waals surface area contributed by atoms with Crippen molar-refractivity contribution < 1.29 is 4.79 Å². The van der Waals surface area contributed by atoms with Gasteiger partial charge in [-0.3, -0.25) is 14.6 Å². The number of likely N-dealkylation sites (N-methyl/N-ethyl adjacent to an activating group) is 1. The molecule has 3 nitrogen and oxygen atoms in total. The average Bonchev–Trinajstić information content (AvgIpc) is 2.74. The van der Waals surface area contributed by atoms with Crippen LogP contribution >= 0.6 is 0 Å². The molecule has 0 aromatic carbocycles. The maximum Gasteiger partial charge on any atom is 0.149 e. The minimum atomic E-state index is 0.271. The molecule has 0 N–H and O–H groups in total. The van der Waals surface area contributed by atoms with E-state index in [-0.39, 0.29) is 6.04 Å². The molecule has 0 aromatic heterocycles. The molecule has 0 aromatic rings. The van der Waals surface area contributed by atoms with E-state index in [9.17, 15) is 4.79 Å². The molecule has 0 radical (unpaired) electrons. The molecule has 16 heavy (non-hydrogen) atoms. The minimum absolute atomic E-state index is 0.271. The Morgan fingerprint density at radius 1 is 1.12 bits per heavy atom. The number of Topliss-reactive ketones (excluding diaryl/α,β-unsaturated/α-hetero) is 1. The first-order chi connectivity index (χ1) is 7.75. The number of fused-ring (bicyclic) bond motifs is 2. The van der Waals surface area contributed by atoms with Crippen LogP contribution in [0.25, 0.3) is 0 Å². The summed E-state index contributed by atoms with van der Waals surface area (Å²) in [4.78, 5) is 16.9. The van der Waals surface area contributed by atoms with Crippen LogP contribution in [-0.4, -0.2) is 53.8 Å². The van der Waals surface area contributed by atoms with Gasteiger partial charge in [0.25, 0.3) is 0 Å². The third-order valence-electron chi connectivity index (χ3n) is 4.89. The molecule has 90 valence electrons. The van der Waals surface area contributed by atoms with Crippen molar-refractivity contribution in [2.24, 2.45) is 0 Å². The van der Waals surface area contributed by atoms with Gasteiger partial charge >= 0.3 is 0 Å². The van der Waals surface area contributed by atoms with Gasteiger partial charge in [-0.15, -0.1) is 0 Å². The van der Waals surface area contributed by atoms with Gasteiger partial charge in [0.05, 0.1) is 6.04 Å². The van der Waals surface area contributed by atoms with E-state index in [0.717, 1.165) is 38.4 Å². The monoisotopic (exact) mass is 222 g/mol. The highest BCUT2D eigenvalue weighted by molar-refractivity contribution is 5.85. The van der Waals surface area contributed by atoms with E-state index in [1.807, 2.05) is 0 Å². The quantitative estimate of drug-likeness (QED) is 0.667. The number of hydrogen-bond acceptors (Lipinski definition) is 3. The highest BCUT2D eigenvalue weighted by atomic mass is 16.1. The smallest absolute Gasteiger partial charge is 0.149 e. The van der Waals surface area contributed by atoms with E-state index >= 15 is 0 Å². The molecular formula is C13H22N2O. The number of ketones is 1. The zero-order valence-electron chi connectivity index (χ0n) is 10.2. The molecule has 0 spiro atoms. The van der Waals surface area contributed by atoms with Crippen LogP contribution in [0.5, 0.6) is 0 Å². The Hall–Kier alpha value is -0.410. The largest absolute Gasteiger partial charge is 0.299 e. The Bertz CT molecular complexity index is 292. The van der Waals surface area contributed by atoms with Gasteiger partial charge in [-0.25, -0.2) is 0 Å². The van der Waals surface area contributed by atoms with Crippen LogP contribution in [0.4, 0.5) is 0 Å². The maximum absolute atomic E-state index is 11.8. The summed E-state index contributed by atoms with van der Waals surface area (Å²) >= 11 is 0. The van der Waals surface area contributed by atoms with Gasteiger partial charge < -0.3 is 0 Å². The lowest BCUT2D eigenvalue weighted by atomic mass is 10.1. The fraction of sp³-hybridized carbons (Fsp3) is 0.923. The lowest BCUT2D eigenvalue weighted by molar-refractivity contribution is -0.122. The van der Waals surface area contributed by atoms with Gasteiger partial charge in [0, 0.05) is 31.6 Å². The predicted octanol–water partition coefficient (Wildman–Crippen LogP) is 1.28. The molecule has 1 aliphatic carbocycles. The van der Waals surface area contributed by atoms with Crippen LogP contribution in [-0.2, 0) is 4.79 Å². The maximum atomic E-state index is 11.8.